The third-order valence-electron chi connectivity index (χ3n) is 4.56. The summed E-state index contributed by atoms with van der Waals surface area (Å²) in [6.07, 6.45) is 5.88. The number of carboxylic acids is 1. The van der Waals surface area contributed by atoms with Crippen molar-refractivity contribution in [2.24, 2.45) is 23.7 Å². The van der Waals surface area contributed by atoms with E-state index in [-0.39, 0.29) is 24.2 Å². The molecule has 2 N–H and O–H groups in total. The minimum Gasteiger partial charge on any atom is -0.481 e. The molecule has 4 heteroatoms. The van der Waals surface area contributed by atoms with Gasteiger partial charge < -0.3 is 10.4 Å². The highest BCUT2D eigenvalue weighted by atomic mass is 16.4. The van der Waals surface area contributed by atoms with Crippen LogP contribution < -0.4 is 5.32 Å². The quantitative estimate of drug-likeness (QED) is 0.761. The Labute approximate surface area is 108 Å². The molecule has 1 amide bonds. The van der Waals surface area contributed by atoms with Gasteiger partial charge in [-0.1, -0.05) is 26.2 Å². The summed E-state index contributed by atoms with van der Waals surface area (Å²) >= 11 is 0. The highest BCUT2D eigenvalue weighted by molar-refractivity contribution is 5.82. The zero-order valence-corrected chi connectivity index (χ0v) is 11.0. The van der Waals surface area contributed by atoms with Gasteiger partial charge in [-0.3, -0.25) is 9.59 Å². The van der Waals surface area contributed by atoms with Crippen molar-refractivity contribution < 1.29 is 14.7 Å². The average Bonchev–Trinajstić information content (AvgIpc) is 3.07. The van der Waals surface area contributed by atoms with Crippen LogP contribution in [0.5, 0.6) is 0 Å². The Balaban J connectivity index is 1.73. The van der Waals surface area contributed by atoms with Crippen molar-refractivity contribution in [1.82, 2.24) is 5.32 Å². The smallest absolute Gasteiger partial charge is 0.303 e. The molecular weight excluding hydrogens is 230 g/mol. The predicted octanol–water partition coefficient (Wildman–Crippen LogP) is 2.04. The van der Waals surface area contributed by atoms with Gasteiger partial charge in [0.05, 0.1) is 0 Å². The van der Waals surface area contributed by atoms with E-state index >= 15 is 0 Å². The van der Waals surface area contributed by atoms with Crippen LogP contribution in [0.25, 0.3) is 0 Å². The molecule has 2 aliphatic carbocycles. The summed E-state index contributed by atoms with van der Waals surface area (Å²) in [5.74, 6) is 0.922. The number of aliphatic carboxylic acids is 1. The van der Waals surface area contributed by atoms with Crippen LogP contribution in [0.4, 0.5) is 0 Å². The number of fused-ring (bicyclic) bond motifs is 1. The molecule has 0 bridgehead atoms. The lowest BCUT2D eigenvalue weighted by atomic mass is 10.0. The molecule has 2 fully saturated rings. The van der Waals surface area contributed by atoms with Gasteiger partial charge >= 0.3 is 5.97 Å². The van der Waals surface area contributed by atoms with Crippen LogP contribution in [0.15, 0.2) is 0 Å². The van der Waals surface area contributed by atoms with Crippen LogP contribution in [-0.4, -0.2) is 23.5 Å². The van der Waals surface area contributed by atoms with Gasteiger partial charge in [0.1, 0.15) is 0 Å². The van der Waals surface area contributed by atoms with Crippen LogP contribution in [0.1, 0.15) is 45.4 Å². The summed E-state index contributed by atoms with van der Waals surface area (Å²) in [5, 5.41) is 11.7. The first kappa shape index (κ1) is 13.4. The number of nitrogens with one attached hydrogen (secondary N) is 1. The number of hydrogen-bond donors (Lipinski definition) is 2. The van der Waals surface area contributed by atoms with E-state index in [9.17, 15) is 9.59 Å². The molecule has 2 rings (SSSR count). The first-order chi connectivity index (χ1) is 8.63. The molecule has 0 radical (unpaired) electrons. The van der Waals surface area contributed by atoms with E-state index in [2.05, 4.69) is 5.32 Å². The molecular formula is C14H23NO3. The summed E-state index contributed by atoms with van der Waals surface area (Å²) in [6.45, 7) is 2.48. The summed E-state index contributed by atoms with van der Waals surface area (Å²) in [7, 11) is 0. The van der Waals surface area contributed by atoms with Crippen molar-refractivity contribution >= 4 is 11.9 Å². The van der Waals surface area contributed by atoms with Crippen molar-refractivity contribution in [3.05, 3.63) is 0 Å². The molecule has 2 saturated carbocycles. The van der Waals surface area contributed by atoms with Gasteiger partial charge in [0.25, 0.3) is 0 Å². The maximum absolute atomic E-state index is 12.0. The SMILES string of the molecule is CCC(CNC(=O)C1C2CCCCC21)CC(=O)O. The Hall–Kier alpha value is -1.06. The molecule has 0 aromatic rings. The number of hydrogen-bond acceptors (Lipinski definition) is 2. The van der Waals surface area contributed by atoms with E-state index in [1.54, 1.807) is 0 Å². The van der Waals surface area contributed by atoms with Crippen molar-refractivity contribution in [2.75, 3.05) is 6.54 Å². The Morgan fingerprint density at radius 2 is 1.89 bits per heavy atom. The number of carboxylic acid groups (broad SMARTS) is 1. The maximum Gasteiger partial charge on any atom is 0.303 e. The molecule has 2 aliphatic rings. The lowest BCUT2D eigenvalue weighted by Gasteiger charge is -2.13. The fraction of sp³-hybridized carbons (Fsp3) is 0.857. The van der Waals surface area contributed by atoms with Gasteiger partial charge in [0.2, 0.25) is 5.91 Å². The van der Waals surface area contributed by atoms with Crippen molar-refractivity contribution in [3.8, 4) is 0 Å². The molecule has 3 unspecified atom stereocenters. The fourth-order valence-electron chi connectivity index (χ4n) is 3.35. The van der Waals surface area contributed by atoms with Crippen molar-refractivity contribution in [1.29, 1.82) is 0 Å². The highest BCUT2D eigenvalue weighted by Crippen LogP contribution is 2.55. The molecule has 0 saturated heterocycles. The third kappa shape index (κ3) is 3.03. The van der Waals surface area contributed by atoms with Crippen LogP contribution in [0.2, 0.25) is 0 Å². The van der Waals surface area contributed by atoms with Crippen molar-refractivity contribution in [3.63, 3.8) is 0 Å². The van der Waals surface area contributed by atoms with E-state index in [1.165, 1.54) is 25.7 Å². The van der Waals surface area contributed by atoms with Gasteiger partial charge in [0, 0.05) is 18.9 Å². The summed E-state index contributed by atoms with van der Waals surface area (Å²) < 4.78 is 0. The standard InChI is InChI=1S/C14H23NO3/c1-2-9(7-12(16)17)8-15-14(18)13-10-5-3-4-6-11(10)13/h9-11,13H,2-8H2,1H3,(H,15,18)(H,16,17). The van der Waals surface area contributed by atoms with E-state index in [0.29, 0.717) is 18.4 Å². The zero-order chi connectivity index (χ0) is 13.1. The average molecular weight is 253 g/mol. The normalized spacial score (nSPS) is 31.3. The lowest BCUT2D eigenvalue weighted by Crippen LogP contribution is -2.32. The van der Waals surface area contributed by atoms with Gasteiger partial charge in [-0.15, -0.1) is 0 Å². The molecule has 3 atom stereocenters. The number of rotatable bonds is 6. The van der Waals surface area contributed by atoms with Gasteiger partial charge in [-0.25, -0.2) is 0 Å². The molecule has 0 aromatic heterocycles. The summed E-state index contributed by atoms with van der Waals surface area (Å²) in [4.78, 5) is 22.7. The lowest BCUT2D eigenvalue weighted by molar-refractivity contribution is -0.138. The molecule has 0 heterocycles. The monoisotopic (exact) mass is 253 g/mol. The van der Waals surface area contributed by atoms with Crippen LogP contribution >= 0.6 is 0 Å². The number of carbonyl (C=O) groups is 2. The van der Waals surface area contributed by atoms with Crippen molar-refractivity contribution in [2.45, 2.75) is 45.4 Å². The molecule has 4 nitrogen and oxygen atoms in total. The Bertz CT molecular complexity index is 317. The highest BCUT2D eigenvalue weighted by Gasteiger charge is 2.54. The molecule has 0 aliphatic heterocycles. The van der Waals surface area contributed by atoms with Crippen LogP contribution in [-0.2, 0) is 9.59 Å². The molecule has 0 spiro atoms. The van der Waals surface area contributed by atoms with E-state index in [4.69, 9.17) is 5.11 Å². The Kier molecular flexibility index (Phi) is 4.25. The van der Waals surface area contributed by atoms with Gasteiger partial charge in [-0.05, 0) is 30.6 Å². The second kappa shape index (κ2) is 5.72. The minimum atomic E-state index is -0.781. The second-order valence-electron chi connectivity index (χ2n) is 5.76. The van der Waals surface area contributed by atoms with Crippen LogP contribution in [0, 0.1) is 23.7 Å². The molecule has 0 aromatic carbocycles. The fourth-order valence-corrected chi connectivity index (χ4v) is 3.35. The zero-order valence-electron chi connectivity index (χ0n) is 11.0. The maximum atomic E-state index is 12.0. The minimum absolute atomic E-state index is 0.0622. The summed E-state index contributed by atoms with van der Waals surface area (Å²) in [6, 6.07) is 0. The second-order valence-corrected chi connectivity index (χ2v) is 5.76. The third-order valence-corrected chi connectivity index (χ3v) is 4.56. The number of carbonyl (C=O) groups excluding carboxylic acids is 1. The first-order valence-electron chi connectivity index (χ1n) is 7.13. The van der Waals surface area contributed by atoms with Gasteiger partial charge in [-0.2, -0.15) is 0 Å². The van der Waals surface area contributed by atoms with E-state index in [0.717, 1.165) is 6.42 Å². The largest absolute Gasteiger partial charge is 0.481 e. The molecule has 102 valence electrons. The summed E-state index contributed by atoms with van der Waals surface area (Å²) in [5.41, 5.74) is 0. The predicted molar refractivity (Wildman–Crippen MR) is 68.0 cm³/mol. The molecule has 18 heavy (non-hydrogen) atoms. The van der Waals surface area contributed by atoms with Gasteiger partial charge in [0.15, 0.2) is 0 Å². The van der Waals surface area contributed by atoms with E-state index < -0.39 is 5.97 Å². The van der Waals surface area contributed by atoms with Crippen LogP contribution in [0.3, 0.4) is 0 Å². The number of amides is 1. The topological polar surface area (TPSA) is 66.4 Å². The van der Waals surface area contributed by atoms with E-state index in [1.807, 2.05) is 6.92 Å². The Morgan fingerprint density at radius 1 is 1.28 bits per heavy atom. The first-order valence-corrected chi connectivity index (χ1v) is 7.13. The Morgan fingerprint density at radius 3 is 2.39 bits per heavy atom.